The predicted octanol–water partition coefficient (Wildman–Crippen LogP) is 3.76. The normalized spacial score (nSPS) is 32.0. The van der Waals surface area contributed by atoms with Crippen molar-refractivity contribution in [1.29, 1.82) is 0 Å². The minimum Gasteiger partial charge on any atom is -0.478 e. The number of hydrogen-bond acceptors (Lipinski definition) is 3. The van der Waals surface area contributed by atoms with Gasteiger partial charge in [-0.25, -0.2) is 9.59 Å². The number of fused-ring (bicyclic) bond motifs is 2. The summed E-state index contributed by atoms with van der Waals surface area (Å²) in [6.45, 7) is 6.70. The summed E-state index contributed by atoms with van der Waals surface area (Å²) in [5.74, 6) is -1.05. The molecule has 0 amide bonds. The van der Waals surface area contributed by atoms with Gasteiger partial charge in [0.05, 0.1) is 11.1 Å². The molecule has 2 bridgehead atoms. The molecule has 3 rings (SSSR count). The Kier molecular flexibility index (Phi) is 3.31. The van der Waals surface area contributed by atoms with Gasteiger partial charge in [0.2, 0.25) is 0 Å². The van der Waals surface area contributed by atoms with Crippen LogP contribution in [0.25, 0.3) is 0 Å². The summed E-state index contributed by atoms with van der Waals surface area (Å²) in [5.41, 5.74) is 0.273. The van der Waals surface area contributed by atoms with Gasteiger partial charge in [-0.1, -0.05) is 32.9 Å². The van der Waals surface area contributed by atoms with Crippen LogP contribution in [0.15, 0.2) is 24.3 Å². The molecule has 0 spiro atoms. The third kappa shape index (κ3) is 1.97. The number of benzene rings is 1. The number of carbonyl (C=O) groups excluding carboxylic acids is 1. The molecule has 2 fully saturated rings. The second kappa shape index (κ2) is 4.83. The van der Waals surface area contributed by atoms with Gasteiger partial charge in [0.25, 0.3) is 0 Å². The highest BCUT2D eigenvalue weighted by Gasteiger charge is 2.62. The van der Waals surface area contributed by atoms with E-state index >= 15 is 0 Å². The molecule has 2 aliphatic carbocycles. The van der Waals surface area contributed by atoms with Crippen molar-refractivity contribution in [2.24, 2.45) is 16.7 Å². The Balaban J connectivity index is 1.84. The maximum absolute atomic E-state index is 12.5. The molecule has 4 heteroatoms. The number of aromatic carboxylic acids is 1. The van der Waals surface area contributed by atoms with E-state index in [4.69, 9.17) is 4.74 Å². The Labute approximate surface area is 130 Å². The monoisotopic (exact) mass is 302 g/mol. The van der Waals surface area contributed by atoms with E-state index in [1.165, 1.54) is 18.6 Å². The lowest BCUT2D eigenvalue weighted by molar-refractivity contribution is -0.0244. The molecule has 118 valence electrons. The average Bonchev–Trinajstić information content (AvgIpc) is 2.80. The standard InChI is InChI=1S/C18H22O4/c1-17(2)11-8-9-18(17,3)14(10-11)22-16(21)13-7-5-4-6-12(13)15(19)20/h4-7,11,14H,8-10H2,1-3H3,(H,19,20)/t11-,14-,18-/m0/s1. The highest BCUT2D eigenvalue weighted by Crippen LogP contribution is 2.66. The van der Waals surface area contributed by atoms with Crippen molar-refractivity contribution in [2.75, 3.05) is 0 Å². The maximum Gasteiger partial charge on any atom is 0.339 e. The molecule has 0 unspecified atom stereocenters. The van der Waals surface area contributed by atoms with E-state index in [2.05, 4.69) is 20.8 Å². The molecule has 3 atom stereocenters. The highest BCUT2D eigenvalue weighted by molar-refractivity contribution is 6.02. The summed E-state index contributed by atoms with van der Waals surface area (Å²) in [7, 11) is 0. The fourth-order valence-corrected chi connectivity index (χ4v) is 4.35. The molecule has 0 saturated heterocycles. The molecule has 0 heterocycles. The number of carbonyl (C=O) groups is 2. The molecule has 0 aromatic heterocycles. The predicted molar refractivity (Wildman–Crippen MR) is 81.8 cm³/mol. The van der Waals surface area contributed by atoms with Crippen molar-refractivity contribution >= 4 is 11.9 Å². The fourth-order valence-electron chi connectivity index (χ4n) is 4.35. The third-order valence-electron chi connectivity index (χ3n) is 6.34. The summed E-state index contributed by atoms with van der Waals surface area (Å²) in [5, 5.41) is 9.21. The minimum absolute atomic E-state index is 0.0000645. The van der Waals surface area contributed by atoms with E-state index in [9.17, 15) is 14.7 Å². The second-order valence-electron chi connectivity index (χ2n) is 7.36. The van der Waals surface area contributed by atoms with Crippen molar-refractivity contribution in [1.82, 2.24) is 0 Å². The summed E-state index contributed by atoms with van der Waals surface area (Å²) in [6.07, 6.45) is 2.99. The van der Waals surface area contributed by atoms with E-state index in [1.54, 1.807) is 12.1 Å². The molecular formula is C18H22O4. The summed E-state index contributed by atoms with van der Waals surface area (Å²) >= 11 is 0. The number of esters is 1. The topological polar surface area (TPSA) is 63.6 Å². The lowest BCUT2D eigenvalue weighted by atomic mass is 9.70. The number of rotatable bonds is 3. The molecule has 1 aromatic rings. The first-order valence-corrected chi connectivity index (χ1v) is 7.80. The molecule has 0 aliphatic heterocycles. The van der Waals surface area contributed by atoms with Crippen molar-refractivity contribution in [3.05, 3.63) is 35.4 Å². The molecule has 0 radical (unpaired) electrons. The SMILES string of the molecule is CC1(C)[C@H]2CC[C@@]1(C)[C@@H](OC(=O)c1ccccc1C(=O)O)C2. The van der Waals surface area contributed by atoms with Crippen LogP contribution in [0, 0.1) is 16.7 Å². The Bertz CT molecular complexity index is 634. The van der Waals surface area contributed by atoms with Gasteiger partial charge in [0.1, 0.15) is 6.10 Å². The van der Waals surface area contributed by atoms with Crippen LogP contribution in [0.2, 0.25) is 0 Å². The maximum atomic E-state index is 12.5. The van der Waals surface area contributed by atoms with Crippen molar-refractivity contribution in [3.8, 4) is 0 Å². The van der Waals surface area contributed by atoms with Gasteiger partial charge in [-0.3, -0.25) is 0 Å². The zero-order chi connectivity index (χ0) is 16.1. The van der Waals surface area contributed by atoms with Crippen LogP contribution in [0.1, 0.15) is 60.7 Å². The highest BCUT2D eigenvalue weighted by atomic mass is 16.5. The zero-order valence-corrected chi connectivity index (χ0v) is 13.3. The van der Waals surface area contributed by atoms with Gasteiger partial charge in [0, 0.05) is 5.41 Å². The van der Waals surface area contributed by atoms with Crippen molar-refractivity contribution in [2.45, 2.75) is 46.1 Å². The molecule has 2 aliphatic rings. The van der Waals surface area contributed by atoms with Crippen LogP contribution in [-0.2, 0) is 4.74 Å². The Morgan fingerprint density at radius 2 is 1.82 bits per heavy atom. The van der Waals surface area contributed by atoms with Crippen LogP contribution >= 0.6 is 0 Å². The third-order valence-corrected chi connectivity index (χ3v) is 6.34. The number of carboxylic acid groups (broad SMARTS) is 1. The van der Waals surface area contributed by atoms with Gasteiger partial charge in [-0.2, -0.15) is 0 Å². The van der Waals surface area contributed by atoms with Crippen LogP contribution < -0.4 is 0 Å². The van der Waals surface area contributed by atoms with E-state index in [0.29, 0.717) is 5.92 Å². The zero-order valence-electron chi connectivity index (χ0n) is 13.3. The van der Waals surface area contributed by atoms with Gasteiger partial charge in [-0.15, -0.1) is 0 Å². The largest absolute Gasteiger partial charge is 0.478 e. The molecule has 22 heavy (non-hydrogen) atoms. The van der Waals surface area contributed by atoms with E-state index in [1.807, 2.05) is 0 Å². The van der Waals surface area contributed by atoms with Gasteiger partial charge in [-0.05, 0) is 42.7 Å². The van der Waals surface area contributed by atoms with Gasteiger partial charge < -0.3 is 9.84 Å². The second-order valence-corrected chi connectivity index (χ2v) is 7.36. The first kappa shape index (κ1) is 15.1. The Hall–Kier alpha value is -1.84. The van der Waals surface area contributed by atoms with Gasteiger partial charge in [0.15, 0.2) is 0 Å². The summed E-state index contributed by atoms with van der Waals surface area (Å²) in [4.78, 5) is 23.7. The van der Waals surface area contributed by atoms with E-state index in [-0.39, 0.29) is 28.1 Å². The van der Waals surface area contributed by atoms with E-state index in [0.717, 1.165) is 12.8 Å². The van der Waals surface area contributed by atoms with Crippen LogP contribution in [-0.4, -0.2) is 23.1 Å². The Morgan fingerprint density at radius 1 is 1.18 bits per heavy atom. The molecule has 1 aromatic carbocycles. The quantitative estimate of drug-likeness (QED) is 0.864. The number of hydrogen-bond donors (Lipinski definition) is 1. The number of carboxylic acids is 1. The first-order chi connectivity index (χ1) is 10.3. The first-order valence-electron chi connectivity index (χ1n) is 7.80. The molecule has 2 saturated carbocycles. The fraction of sp³-hybridized carbons (Fsp3) is 0.556. The van der Waals surface area contributed by atoms with E-state index < -0.39 is 11.9 Å². The summed E-state index contributed by atoms with van der Waals surface area (Å²) < 4.78 is 5.76. The van der Waals surface area contributed by atoms with Crippen LogP contribution in [0.5, 0.6) is 0 Å². The summed E-state index contributed by atoms with van der Waals surface area (Å²) in [6, 6.07) is 6.23. The van der Waals surface area contributed by atoms with Crippen LogP contribution in [0.4, 0.5) is 0 Å². The lowest BCUT2D eigenvalue weighted by Crippen LogP contribution is -2.38. The van der Waals surface area contributed by atoms with Crippen LogP contribution in [0.3, 0.4) is 0 Å². The van der Waals surface area contributed by atoms with Crippen molar-refractivity contribution < 1.29 is 19.4 Å². The average molecular weight is 302 g/mol. The van der Waals surface area contributed by atoms with Gasteiger partial charge >= 0.3 is 11.9 Å². The molecule has 4 nitrogen and oxygen atoms in total. The minimum atomic E-state index is -1.10. The number of ether oxygens (including phenoxy) is 1. The molecule has 1 N–H and O–H groups in total. The smallest absolute Gasteiger partial charge is 0.339 e. The Morgan fingerprint density at radius 3 is 2.32 bits per heavy atom. The molecular weight excluding hydrogens is 280 g/mol. The lowest BCUT2D eigenvalue weighted by Gasteiger charge is -2.38. The van der Waals surface area contributed by atoms with Crippen molar-refractivity contribution in [3.63, 3.8) is 0 Å².